The van der Waals surface area contributed by atoms with E-state index in [1.54, 1.807) is 0 Å². The number of carbonyl (C=O) groups is 1. The summed E-state index contributed by atoms with van der Waals surface area (Å²) in [5, 5.41) is 0. The van der Waals surface area contributed by atoms with Gasteiger partial charge >= 0.3 is 0 Å². The maximum Gasteiger partial charge on any atom is 0.233 e. The molecule has 4 nitrogen and oxygen atoms in total. The Kier molecular flexibility index (Phi) is 5.09. The van der Waals surface area contributed by atoms with Gasteiger partial charge in [0.25, 0.3) is 0 Å². The van der Waals surface area contributed by atoms with Gasteiger partial charge in [-0.25, -0.2) is 0 Å². The highest BCUT2D eigenvalue weighted by atomic mass is 32.1. The van der Waals surface area contributed by atoms with Gasteiger partial charge in [0, 0.05) is 6.54 Å². The lowest BCUT2D eigenvalue weighted by Gasteiger charge is -2.35. The summed E-state index contributed by atoms with van der Waals surface area (Å²) in [4.78, 5) is 14.7. The number of benzene rings is 1. The van der Waals surface area contributed by atoms with Crippen molar-refractivity contribution in [1.29, 1.82) is 0 Å². The number of carbonyl (C=O) groups excluding carboxylic acids is 1. The molecule has 1 fully saturated rings. The maximum atomic E-state index is 12.7. The van der Waals surface area contributed by atoms with Crippen LogP contribution in [0.3, 0.4) is 0 Å². The van der Waals surface area contributed by atoms with Gasteiger partial charge in [0.15, 0.2) is 0 Å². The molecule has 0 radical (unpaired) electrons. The van der Waals surface area contributed by atoms with Gasteiger partial charge in [0.05, 0.1) is 30.2 Å². The Hall–Kier alpha value is -1.46. The van der Waals surface area contributed by atoms with Crippen molar-refractivity contribution in [3.8, 4) is 0 Å². The number of hydrogen-bond acceptors (Lipinski definition) is 3. The Labute approximate surface area is 124 Å². The number of thiocarbonyl (C=S) groups is 1. The molecule has 0 bridgehead atoms. The van der Waals surface area contributed by atoms with Crippen LogP contribution in [0.2, 0.25) is 0 Å². The summed E-state index contributed by atoms with van der Waals surface area (Å²) < 4.78 is 5.36. The average molecular weight is 292 g/mol. The minimum Gasteiger partial charge on any atom is -0.393 e. The van der Waals surface area contributed by atoms with Crippen LogP contribution >= 0.6 is 12.2 Å². The highest BCUT2D eigenvalue weighted by Crippen LogP contribution is 2.16. The fraction of sp³-hybridized carbons (Fsp3) is 0.467. The Balaban J connectivity index is 2.11. The van der Waals surface area contributed by atoms with Crippen LogP contribution in [0.4, 0.5) is 0 Å². The number of nitrogens with zero attached hydrogens (tertiary/aromatic N) is 1. The lowest BCUT2D eigenvalue weighted by Crippen LogP contribution is -2.51. The van der Waals surface area contributed by atoms with E-state index in [2.05, 4.69) is 0 Å². The number of morpholine rings is 1. The summed E-state index contributed by atoms with van der Waals surface area (Å²) in [6.45, 7) is 3.73. The third kappa shape index (κ3) is 3.55. The van der Waals surface area contributed by atoms with E-state index in [1.165, 1.54) is 0 Å². The number of amides is 1. The van der Waals surface area contributed by atoms with Gasteiger partial charge in [-0.15, -0.1) is 0 Å². The number of ether oxygens (including phenoxy) is 1. The van der Waals surface area contributed by atoms with E-state index >= 15 is 0 Å². The van der Waals surface area contributed by atoms with E-state index in [4.69, 9.17) is 22.7 Å². The fourth-order valence-electron chi connectivity index (χ4n) is 2.41. The molecule has 108 valence electrons. The lowest BCUT2D eigenvalue weighted by atomic mass is 9.97. The summed E-state index contributed by atoms with van der Waals surface area (Å²) >= 11 is 5.10. The lowest BCUT2D eigenvalue weighted by molar-refractivity contribution is -0.141. The van der Waals surface area contributed by atoms with E-state index in [9.17, 15) is 4.79 Å². The molecule has 0 aliphatic carbocycles. The number of rotatable bonds is 4. The molecule has 2 unspecified atom stereocenters. The molecule has 0 saturated carbocycles. The van der Waals surface area contributed by atoms with Crippen molar-refractivity contribution in [2.75, 3.05) is 19.8 Å². The Bertz CT molecular complexity index is 478. The third-order valence-electron chi connectivity index (χ3n) is 3.57. The standard InChI is InChI=1S/C15H20N2O2S/c1-11-10-19-8-7-17(11)15(18)13(14(16)20)9-12-5-3-2-4-6-12/h2-6,11,13H,7-10H2,1H3,(H2,16,20). The van der Waals surface area contributed by atoms with Gasteiger partial charge in [0.2, 0.25) is 5.91 Å². The van der Waals surface area contributed by atoms with Gasteiger partial charge in [-0.05, 0) is 18.9 Å². The molecular weight excluding hydrogens is 272 g/mol. The van der Waals surface area contributed by atoms with Gasteiger partial charge in [-0.3, -0.25) is 4.79 Å². The molecule has 20 heavy (non-hydrogen) atoms. The SMILES string of the molecule is CC1COCCN1C(=O)C(Cc1ccccc1)C(N)=S. The molecule has 5 heteroatoms. The number of nitrogens with two attached hydrogens (primary N) is 1. The Morgan fingerprint density at radius 2 is 2.20 bits per heavy atom. The summed E-state index contributed by atoms with van der Waals surface area (Å²) in [5.41, 5.74) is 6.86. The minimum absolute atomic E-state index is 0.0113. The van der Waals surface area contributed by atoms with E-state index < -0.39 is 5.92 Å². The molecule has 1 aliphatic heterocycles. The zero-order valence-corrected chi connectivity index (χ0v) is 12.4. The van der Waals surface area contributed by atoms with Crippen molar-refractivity contribution in [2.24, 2.45) is 11.7 Å². The van der Waals surface area contributed by atoms with Crippen LogP contribution in [0, 0.1) is 5.92 Å². The first-order valence-electron chi connectivity index (χ1n) is 6.81. The zero-order chi connectivity index (χ0) is 14.5. The van der Waals surface area contributed by atoms with Crippen molar-refractivity contribution < 1.29 is 9.53 Å². The van der Waals surface area contributed by atoms with E-state index in [0.29, 0.717) is 26.2 Å². The molecule has 1 aliphatic rings. The van der Waals surface area contributed by atoms with Crippen LogP contribution < -0.4 is 5.73 Å². The largest absolute Gasteiger partial charge is 0.393 e. The Morgan fingerprint density at radius 1 is 1.50 bits per heavy atom. The number of hydrogen-bond donors (Lipinski definition) is 1. The third-order valence-corrected chi connectivity index (χ3v) is 3.86. The van der Waals surface area contributed by atoms with Crippen LogP contribution in [-0.2, 0) is 16.0 Å². The smallest absolute Gasteiger partial charge is 0.233 e. The van der Waals surface area contributed by atoms with Crippen molar-refractivity contribution in [2.45, 2.75) is 19.4 Å². The van der Waals surface area contributed by atoms with Crippen molar-refractivity contribution in [3.63, 3.8) is 0 Å². The quantitative estimate of drug-likeness (QED) is 0.852. The molecule has 0 spiro atoms. The average Bonchev–Trinajstić information content (AvgIpc) is 2.45. The van der Waals surface area contributed by atoms with Gasteiger partial charge < -0.3 is 15.4 Å². The molecule has 1 aromatic rings. The van der Waals surface area contributed by atoms with Crippen molar-refractivity contribution in [1.82, 2.24) is 4.90 Å². The second kappa shape index (κ2) is 6.81. The summed E-state index contributed by atoms with van der Waals surface area (Å²) in [6.07, 6.45) is 0.555. The second-order valence-corrected chi connectivity index (χ2v) is 5.57. The summed E-state index contributed by atoms with van der Waals surface area (Å²) in [6, 6.07) is 9.90. The van der Waals surface area contributed by atoms with E-state index in [-0.39, 0.29) is 16.9 Å². The molecule has 2 N–H and O–H groups in total. The van der Waals surface area contributed by atoms with Crippen LogP contribution in [0.25, 0.3) is 0 Å². The fourth-order valence-corrected chi connectivity index (χ4v) is 2.60. The zero-order valence-electron chi connectivity index (χ0n) is 11.6. The first kappa shape index (κ1) is 14.9. The molecule has 1 aromatic carbocycles. The van der Waals surface area contributed by atoms with Crippen molar-refractivity contribution in [3.05, 3.63) is 35.9 Å². The van der Waals surface area contributed by atoms with E-state index in [1.807, 2.05) is 42.2 Å². The summed E-state index contributed by atoms with van der Waals surface area (Å²) in [7, 11) is 0. The second-order valence-electron chi connectivity index (χ2n) is 5.10. The molecule has 1 heterocycles. The topological polar surface area (TPSA) is 55.6 Å². The highest BCUT2D eigenvalue weighted by molar-refractivity contribution is 7.80. The van der Waals surface area contributed by atoms with Crippen molar-refractivity contribution >= 4 is 23.1 Å². The van der Waals surface area contributed by atoms with Gasteiger partial charge in [0.1, 0.15) is 0 Å². The van der Waals surface area contributed by atoms with Crippen LogP contribution in [0.1, 0.15) is 12.5 Å². The predicted molar refractivity (Wildman–Crippen MR) is 82.4 cm³/mol. The highest BCUT2D eigenvalue weighted by Gasteiger charge is 2.31. The molecule has 1 saturated heterocycles. The molecular formula is C15H20N2O2S. The van der Waals surface area contributed by atoms with Crippen LogP contribution in [0.15, 0.2) is 30.3 Å². The molecule has 0 aromatic heterocycles. The first-order chi connectivity index (χ1) is 9.59. The Morgan fingerprint density at radius 3 is 2.80 bits per heavy atom. The predicted octanol–water partition coefficient (Wildman–Crippen LogP) is 1.38. The van der Waals surface area contributed by atoms with Crippen LogP contribution in [0.5, 0.6) is 0 Å². The molecule has 2 atom stereocenters. The maximum absolute atomic E-state index is 12.7. The molecule has 2 rings (SSSR count). The minimum atomic E-state index is -0.437. The monoisotopic (exact) mass is 292 g/mol. The molecule has 1 amide bonds. The normalized spacial score (nSPS) is 20.4. The first-order valence-corrected chi connectivity index (χ1v) is 7.22. The van der Waals surface area contributed by atoms with Crippen LogP contribution in [-0.4, -0.2) is 41.6 Å². The van der Waals surface area contributed by atoms with Gasteiger partial charge in [-0.2, -0.15) is 0 Å². The van der Waals surface area contributed by atoms with Gasteiger partial charge in [-0.1, -0.05) is 42.5 Å². The summed E-state index contributed by atoms with van der Waals surface area (Å²) in [5.74, 6) is -0.426. The van der Waals surface area contributed by atoms with E-state index in [0.717, 1.165) is 5.56 Å².